The molecule has 0 aliphatic rings. The summed E-state index contributed by atoms with van der Waals surface area (Å²) < 4.78 is 0. The van der Waals surface area contributed by atoms with E-state index in [-0.39, 0.29) is 6.61 Å². The van der Waals surface area contributed by atoms with Crippen LogP contribution in [-0.4, -0.2) is 17.9 Å². The second-order valence-electron chi connectivity index (χ2n) is 2.80. The van der Waals surface area contributed by atoms with E-state index < -0.39 is 0 Å². The smallest absolute Gasteiger partial charge is 0.0471 e. The summed E-state index contributed by atoms with van der Waals surface area (Å²) in [5, 5.41) is 15.8. The Labute approximate surface area is 72.4 Å². The van der Waals surface area contributed by atoms with Crippen LogP contribution in [-0.2, 0) is 6.42 Å². The third kappa shape index (κ3) is 1.92. The molecule has 12 heavy (non-hydrogen) atoms. The number of benzene rings is 1. The zero-order valence-electron chi connectivity index (χ0n) is 7.17. The molecular weight excluding hydrogens is 150 g/mol. The number of hydrogen-bond donors (Lipinski definition) is 2. The van der Waals surface area contributed by atoms with E-state index in [0.717, 1.165) is 16.7 Å². The summed E-state index contributed by atoms with van der Waals surface area (Å²) in [6.07, 6.45) is 2.03. The van der Waals surface area contributed by atoms with E-state index in [2.05, 4.69) is 0 Å². The maximum absolute atomic E-state index is 8.73. The predicted molar refractivity (Wildman–Crippen MR) is 49.9 cm³/mol. The molecule has 0 atom stereocenters. The van der Waals surface area contributed by atoms with Crippen molar-refractivity contribution >= 4 is 6.21 Å². The van der Waals surface area contributed by atoms with E-state index in [4.69, 9.17) is 10.5 Å². The topological polar surface area (TPSA) is 44.1 Å². The highest BCUT2D eigenvalue weighted by Gasteiger charge is 1.97. The quantitative estimate of drug-likeness (QED) is 0.652. The van der Waals surface area contributed by atoms with Crippen LogP contribution in [0, 0.1) is 12.3 Å². The van der Waals surface area contributed by atoms with E-state index in [1.807, 2.05) is 25.1 Å². The second-order valence-corrected chi connectivity index (χ2v) is 2.80. The first-order chi connectivity index (χ1) is 5.77. The predicted octanol–water partition coefficient (Wildman–Crippen LogP) is 1.53. The van der Waals surface area contributed by atoms with Crippen LogP contribution in [0.5, 0.6) is 0 Å². The highest BCUT2D eigenvalue weighted by molar-refractivity contribution is 5.77. The van der Waals surface area contributed by atoms with Crippen LogP contribution >= 0.6 is 0 Å². The van der Waals surface area contributed by atoms with Crippen LogP contribution in [0.2, 0.25) is 0 Å². The summed E-state index contributed by atoms with van der Waals surface area (Å²) in [6, 6.07) is 5.81. The molecule has 0 fully saturated rings. The molecule has 2 nitrogen and oxygen atoms in total. The van der Waals surface area contributed by atoms with Crippen LogP contribution < -0.4 is 0 Å². The normalized spacial score (nSPS) is 9.83. The maximum atomic E-state index is 8.73. The average Bonchev–Trinajstić information content (AvgIpc) is 2.09. The highest BCUT2D eigenvalue weighted by atomic mass is 16.2. The fraction of sp³-hybridized carbons (Fsp3) is 0.300. The summed E-state index contributed by atoms with van der Waals surface area (Å²) in [7, 11) is 0. The lowest BCUT2D eigenvalue weighted by molar-refractivity contribution is 0.299. The third-order valence-corrected chi connectivity index (χ3v) is 1.91. The standard InChI is InChI=1S/C10H13NO/c1-8-6-9(7-11)2-3-10(8)4-5-12/h2-3,6-7,11-12H,4-5H2,1H3. The van der Waals surface area contributed by atoms with Crippen molar-refractivity contribution in [2.75, 3.05) is 6.61 Å². The number of aliphatic hydroxyl groups excluding tert-OH is 1. The Morgan fingerprint density at radius 3 is 2.75 bits per heavy atom. The Morgan fingerprint density at radius 1 is 1.50 bits per heavy atom. The molecule has 2 N–H and O–H groups in total. The van der Waals surface area contributed by atoms with Crippen molar-refractivity contribution in [1.29, 1.82) is 5.41 Å². The van der Waals surface area contributed by atoms with Gasteiger partial charge < -0.3 is 10.5 Å². The van der Waals surface area contributed by atoms with Gasteiger partial charge in [-0.3, -0.25) is 0 Å². The van der Waals surface area contributed by atoms with Gasteiger partial charge >= 0.3 is 0 Å². The molecule has 0 bridgehead atoms. The van der Waals surface area contributed by atoms with Gasteiger partial charge in [0, 0.05) is 12.8 Å². The molecule has 0 radical (unpaired) electrons. The zero-order chi connectivity index (χ0) is 8.97. The third-order valence-electron chi connectivity index (χ3n) is 1.91. The fourth-order valence-electron chi connectivity index (χ4n) is 1.21. The summed E-state index contributed by atoms with van der Waals surface area (Å²) in [6.45, 7) is 2.18. The maximum Gasteiger partial charge on any atom is 0.0471 e. The van der Waals surface area contributed by atoms with E-state index in [1.165, 1.54) is 6.21 Å². The van der Waals surface area contributed by atoms with Gasteiger partial charge in [-0.25, -0.2) is 0 Å². The SMILES string of the molecule is Cc1cc(C=N)ccc1CCO. The van der Waals surface area contributed by atoms with Gasteiger partial charge in [-0.1, -0.05) is 18.2 Å². The van der Waals surface area contributed by atoms with Gasteiger partial charge in [0.15, 0.2) is 0 Å². The van der Waals surface area contributed by atoms with Gasteiger partial charge in [0.05, 0.1) is 0 Å². The molecular formula is C10H13NO. The zero-order valence-corrected chi connectivity index (χ0v) is 7.17. The van der Waals surface area contributed by atoms with Crippen molar-refractivity contribution in [2.45, 2.75) is 13.3 Å². The van der Waals surface area contributed by atoms with Crippen molar-refractivity contribution in [3.63, 3.8) is 0 Å². The van der Waals surface area contributed by atoms with Crippen LogP contribution in [0.4, 0.5) is 0 Å². The van der Waals surface area contributed by atoms with Crippen molar-refractivity contribution in [1.82, 2.24) is 0 Å². The molecule has 2 heteroatoms. The molecule has 1 rings (SSSR count). The van der Waals surface area contributed by atoms with Crippen molar-refractivity contribution in [2.24, 2.45) is 0 Å². The monoisotopic (exact) mass is 163 g/mol. The lowest BCUT2D eigenvalue weighted by Gasteiger charge is -2.03. The summed E-state index contributed by atoms with van der Waals surface area (Å²) in [5.41, 5.74) is 3.21. The second kappa shape index (κ2) is 4.02. The number of aliphatic hydroxyl groups is 1. The van der Waals surface area contributed by atoms with Crippen LogP contribution in [0.3, 0.4) is 0 Å². The molecule has 0 aromatic heterocycles. The Kier molecular flexibility index (Phi) is 3.00. The molecule has 0 spiro atoms. The van der Waals surface area contributed by atoms with Crippen molar-refractivity contribution in [3.8, 4) is 0 Å². The molecule has 0 aliphatic carbocycles. The molecule has 0 unspecified atom stereocenters. The van der Waals surface area contributed by atoms with Crippen LogP contribution in [0.25, 0.3) is 0 Å². The summed E-state index contributed by atoms with van der Waals surface area (Å²) in [4.78, 5) is 0. The van der Waals surface area contributed by atoms with Gasteiger partial charge in [-0.2, -0.15) is 0 Å². The molecule has 0 saturated heterocycles. The van der Waals surface area contributed by atoms with Gasteiger partial charge in [-0.05, 0) is 30.0 Å². The fourth-order valence-corrected chi connectivity index (χ4v) is 1.21. The largest absolute Gasteiger partial charge is 0.396 e. The van der Waals surface area contributed by atoms with Gasteiger partial charge in [0.2, 0.25) is 0 Å². The minimum absolute atomic E-state index is 0.185. The van der Waals surface area contributed by atoms with E-state index in [1.54, 1.807) is 0 Å². The number of nitrogens with one attached hydrogen (secondary N) is 1. The minimum Gasteiger partial charge on any atom is -0.396 e. The molecule has 0 heterocycles. The Hall–Kier alpha value is -1.15. The number of rotatable bonds is 3. The Balaban J connectivity index is 2.94. The lowest BCUT2D eigenvalue weighted by Crippen LogP contribution is -1.94. The first-order valence-electron chi connectivity index (χ1n) is 3.99. The first-order valence-corrected chi connectivity index (χ1v) is 3.99. The molecule has 1 aromatic rings. The van der Waals surface area contributed by atoms with Gasteiger partial charge in [0.25, 0.3) is 0 Å². The minimum atomic E-state index is 0.185. The van der Waals surface area contributed by atoms with Gasteiger partial charge in [-0.15, -0.1) is 0 Å². The van der Waals surface area contributed by atoms with Crippen LogP contribution in [0.1, 0.15) is 16.7 Å². The summed E-state index contributed by atoms with van der Waals surface area (Å²) >= 11 is 0. The molecule has 0 amide bonds. The molecule has 0 saturated carbocycles. The lowest BCUT2D eigenvalue weighted by atomic mass is 10.0. The highest BCUT2D eigenvalue weighted by Crippen LogP contribution is 2.10. The Morgan fingerprint density at radius 2 is 2.25 bits per heavy atom. The molecule has 64 valence electrons. The van der Waals surface area contributed by atoms with E-state index in [0.29, 0.717) is 6.42 Å². The first kappa shape index (κ1) is 8.94. The molecule has 1 aromatic carbocycles. The van der Waals surface area contributed by atoms with Gasteiger partial charge in [0.1, 0.15) is 0 Å². The molecule has 0 aliphatic heterocycles. The van der Waals surface area contributed by atoms with Crippen molar-refractivity contribution < 1.29 is 5.11 Å². The summed E-state index contributed by atoms with van der Waals surface area (Å²) in [5.74, 6) is 0. The van der Waals surface area contributed by atoms with Crippen molar-refractivity contribution in [3.05, 3.63) is 34.9 Å². The van der Waals surface area contributed by atoms with E-state index in [9.17, 15) is 0 Å². The van der Waals surface area contributed by atoms with E-state index >= 15 is 0 Å². The average molecular weight is 163 g/mol. The Bertz CT molecular complexity index is 281. The number of hydrogen-bond acceptors (Lipinski definition) is 2. The van der Waals surface area contributed by atoms with Crippen LogP contribution in [0.15, 0.2) is 18.2 Å². The number of aryl methyl sites for hydroxylation is 1.